The predicted molar refractivity (Wildman–Crippen MR) is 105 cm³/mol. The topological polar surface area (TPSA) is 94.2 Å². The first-order valence-corrected chi connectivity index (χ1v) is 8.87. The number of nitrogens with zero attached hydrogens (tertiary/aromatic N) is 1. The van der Waals surface area contributed by atoms with Crippen molar-refractivity contribution in [3.63, 3.8) is 0 Å². The highest BCUT2D eigenvalue weighted by molar-refractivity contribution is 6.32. The Hall–Kier alpha value is -2.74. The zero-order valence-electron chi connectivity index (χ0n) is 16.6. The summed E-state index contributed by atoms with van der Waals surface area (Å²) >= 11 is 6.22. The Balaban J connectivity index is 2.63. The fourth-order valence-electron chi connectivity index (χ4n) is 1.92. The molecule has 0 atom stereocenters. The van der Waals surface area contributed by atoms with Crippen LogP contribution < -0.4 is 14.8 Å². The summed E-state index contributed by atoms with van der Waals surface area (Å²) in [6.07, 6.45) is 2.55. The number of hydrogen-bond acceptors (Lipinski definition) is 6. The molecule has 8 nitrogen and oxygen atoms in total. The van der Waals surface area contributed by atoms with E-state index < -0.39 is 18.5 Å². The molecule has 0 aromatic heterocycles. The average molecular weight is 413 g/mol. The van der Waals surface area contributed by atoms with Crippen LogP contribution in [-0.2, 0) is 19.1 Å². The Morgan fingerprint density at radius 1 is 1.25 bits per heavy atom. The van der Waals surface area contributed by atoms with Gasteiger partial charge >= 0.3 is 5.97 Å². The molecule has 9 heteroatoms. The van der Waals surface area contributed by atoms with Gasteiger partial charge in [-0.15, -0.1) is 0 Å². The lowest BCUT2D eigenvalue weighted by atomic mass is 10.2. The van der Waals surface area contributed by atoms with Gasteiger partial charge in [-0.3, -0.25) is 9.59 Å². The summed E-state index contributed by atoms with van der Waals surface area (Å²) in [4.78, 5) is 36.0. The van der Waals surface area contributed by atoms with Crippen LogP contribution >= 0.6 is 11.6 Å². The van der Waals surface area contributed by atoms with E-state index >= 15 is 0 Å². The number of rotatable bonds is 9. The van der Waals surface area contributed by atoms with Crippen molar-refractivity contribution < 1.29 is 28.6 Å². The minimum atomic E-state index is -0.716. The highest BCUT2D eigenvalue weighted by atomic mass is 35.5. The number of carbonyl (C=O) groups is 3. The molecule has 0 saturated heterocycles. The number of ether oxygens (including phenoxy) is 3. The van der Waals surface area contributed by atoms with Crippen LogP contribution in [0.5, 0.6) is 11.5 Å². The normalized spacial score (nSPS) is 10.7. The van der Waals surface area contributed by atoms with Crippen LogP contribution in [0.2, 0.25) is 5.02 Å². The molecular formula is C19H25ClN2O6. The number of benzene rings is 1. The number of esters is 1. The Labute approximate surface area is 169 Å². The van der Waals surface area contributed by atoms with Crippen LogP contribution in [0.15, 0.2) is 18.2 Å². The molecule has 2 amide bonds. The molecule has 0 aliphatic heterocycles. The van der Waals surface area contributed by atoms with Crippen LogP contribution in [-0.4, -0.2) is 63.1 Å². The van der Waals surface area contributed by atoms with Crippen LogP contribution in [0.4, 0.5) is 0 Å². The second kappa shape index (κ2) is 11.2. The SMILES string of the molecule is COc1cc(/C=C/C(=O)OCC(=O)NCC(=O)N(C)C)cc(Cl)c1OC(C)C. The number of carbonyl (C=O) groups excluding carboxylic acids is 3. The molecule has 1 aromatic rings. The van der Waals surface area contributed by atoms with Gasteiger partial charge < -0.3 is 24.4 Å². The Morgan fingerprint density at radius 2 is 1.93 bits per heavy atom. The molecule has 0 aliphatic carbocycles. The lowest BCUT2D eigenvalue weighted by Crippen LogP contribution is -2.38. The fraction of sp³-hybridized carbons (Fsp3) is 0.421. The molecule has 28 heavy (non-hydrogen) atoms. The van der Waals surface area contributed by atoms with Gasteiger partial charge in [0.15, 0.2) is 18.1 Å². The van der Waals surface area contributed by atoms with Crippen molar-refractivity contribution in [2.45, 2.75) is 20.0 Å². The fourth-order valence-corrected chi connectivity index (χ4v) is 2.18. The standard InChI is InChI=1S/C19H25ClN2O6/c1-12(2)28-19-14(20)8-13(9-15(19)26-5)6-7-18(25)27-11-16(23)21-10-17(24)22(3)4/h6-9,12H,10-11H2,1-5H3,(H,21,23)/b7-6+. The summed E-state index contributed by atoms with van der Waals surface area (Å²) in [5.41, 5.74) is 0.593. The van der Waals surface area contributed by atoms with E-state index in [4.69, 9.17) is 25.8 Å². The van der Waals surface area contributed by atoms with Gasteiger partial charge in [0.2, 0.25) is 5.91 Å². The highest BCUT2D eigenvalue weighted by Gasteiger charge is 2.13. The van der Waals surface area contributed by atoms with Gasteiger partial charge in [0.05, 0.1) is 24.8 Å². The predicted octanol–water partition coefficient (Wildman–Crippen LogP) is 1.90. The second-order valence-electron chi connectivity index (χ2n) is 6.21. The first-order valence-electron chi connectivity index (χ1n) is 8.50. The van der Waals surface area contributed by atoms with E-state index in [9.17, 15) is 14.4 Å². The number of amides is 2. The van der Waals surface area contributed by atoms with Crippen molar-refractivity contribution in [2.75, 3.05) is 34.4 Å². The van der Waals surface area contributed by atoms with Crippen LogP contribution in [0.25, 0.3) is 6.08 Å². The zero-order valence-corrected chi connectivity index (χ0v) is 17.3. The maximum atomic E-state index is 11.8. The summed E-state index contributed by atoms with van der Waals surface area (Å²) in [5.74, 6) is -0.708. The molecule has 0 spiro atoms. The molecule has 1 aromatic carbocycles. The van der Waals surface area contributed by atoms with Gasteiger partial charge in [-0.25, -0.2) is 4.79 Å². The molecule has 0 aliphatic rings. The van der Waals surface area contributed by atoms with E-state index in [1.54, 1.807) is 26.2 Å². The molecule has 0 heterocycles. The third-order valence-electron chi connectivity index (χ3n) is 3.30. The number of nitrogens with one attached hydrogen (secondary N) is 1. The highest BCUT2D eigenvalue weighted by Crippen LogP contribution is 2.37. The molecule has 154 valence electrons. The van der Waals surface area contributed by atoms with Crippen molar-refractivity contribution in [2.24, 2.45) is 0 Å². The zero-order chi connectivity index (χ0) is 21.3. The summed E-state index contributed by atoms with van der Waals surface area (Å²) in [5, 5.41) is 2.70. The van der Waals surface area contributed by atoms with Crippen LogP contribution in [0, 0.1) is 0 Å². The van der Waals surface area contributed by atoms with Crippen LogP contribution in [0.3, 0.4) is 0 Å². The van der Waals surface area contributed by atoms with E-state index in [0.717, 1.165) is 6.08 Å². The van der Waals surface area contributed by atoms with Gasteiger partial charge in [0.25, 0.3) is 5.91 Å². The minimum Gasteiger partial charge on any atom is -0.493 e. The molecular weight excluding hydrogens is 388 g/mol. The number of methoxy groups -OCH3 is 1. The van der Waals surface area contributed by atoms with Crippen molar-refractivity contribution >= 4 is 35.5 Å². The van der Waals surface area contributed by atoms with Crippen molar-refractivity contribution in [1.82, 2.24) is 10.2 Å². The van der Waals surface area contributed by atoms with Gasteiger partial charge in [-0.1, -0.05) is 11.6 Å². The Kier molecular flexibility index (Phi) is 9.31. The third kappa shape index (κ3) is 7.87. The smallest absolute Gasteiger partial charge is 0.331 e. The molecule has 0 fully saturated rings. The van der Waals surface area contributed by atoms with E-state index in [1.165, 1.54) is 18.1 Å². The monoisotopic (exact) mass is 412 g/mol. The number of halogens is 1. The lowest BCUT2D eigenvalue weighted by Gasteiger charge is -2.15. The first kappa shape index (κ1) is 23.3. The molecule has 0 unspecified atom stereocenters. The number of hydrogen-bond donors (Lipinski definition) is 1. The van der Waals surface area contributed by atoms with Gasteiger partial charge in [0, 0.05) is 20.2 Å². The summed E-state index contributed by atoms with van der Waals surface area (Å²) < 4.78 is 15.7. The van der Waals surface area contributed by atoms with E-state index in [0.29, 0.717) is 22.1 Å². The number of likely N-dealkylation sites (N-methyl/N-ethyl adjacent to an activating group) is 1. The molecule has 0 saturated carbocycles. The molecule has 0 radical (unpaired) electrons. The van der Waals surface area contributed by atoms with E-state index in [-0.39, 0.29) is 18.6 Å². The van der Waals surface area contributed by atoms with E-state index in [1.807, 2.05) is 13.8 Å². The third-order valence-corrected chi connectivity index (χ3v) is 3.58. The van der Waals surface area contributed by atoms with Crippen molar-refractivity contribution in [3.05, 3.63) is 28.8 Å². The molecule has 1 N–H and O–H groups in total. The second-order valence-corrected chi connectivity index (χ2v) is 6.61. The Bertz CT molecular complexity index is 746. The Morgan fingerprint density at radius 3 is 2.50 bits per heavy atom. The molecule has 1 rings (SSSR count). The van der Waals surface area contributed by atoms with Gasteiger partial charge in [-0.05, 0) is 37.6 Å². The van der Waals surface area contributed by atoms with Crippen LogP contribution in [0.1, 0.15) is 19.4 Å². The van der Waals surface area contributed by atoms with Crippen molar-refractivity contribution in [3.8, 4) is 11.5 Å². The summed E-state index contributed by atoms with van der Waals surface area (Å²) in [7, 11) is 4.63. The summed E-state index contributed by atoms with van der Waals surface area (Å²) in [6, 6.07) is 3.28. The minimum absolute atomic E-state index is 0.0815. The quantitative estimate of drug-likeness (QED) is 0.491. The summed E-state index contributed by atoms with van der Waals surface area (Å²) in [6.45, 7) is 3.08. The average Bonchev–Trinajstić information content (AvgIpc) is 2.63. The van der Waals surface area contributed by atoms with Crippen molar-refractivity contribution in [1.29, 1.82) is 0 Å². The largest absolute Gasteiger partial charge is 0.493 e. The maximum Gasteiger partial charge on any atom is 0.331 e. The van der Waals surface area contributed by atoms with Gasteiger partial charge in [0.1, 0.15) is 0 Å². The first-order chi connectivity index (χ1) is 13.1. The van der Waals surface area contributed by atoms with Gasteiger partial charge in [-0.2, -0.15) is 0 Å². The van der Waals surface area contributed by atoms with E-state index in [2.05, 4.69) is 5.32 Å². The lowest BCUT2D eigenvalue weighted by molar-refractivity contribution is -0.144. The maximum absolute atomic E-state index is 11.8. The molecule has 0 bridgehead atoms.